The molecule has 0 bridgehead atoms. The van der Waals surface area contributed by atoms with Gasteiger partial charge in [0.15, 0.2) is 0 Å². The van der Waals surface area contributed by atoms with Crippen molar-refractivity contribution in [3.05, 3.63) is 64.2 Å². The molecule has 0 fully saturated rings. The highest BCUT2D eigenvalue weighted by Gasteiger charge is 2.27. The van der Waals surface area contributed by atoms with E-state index in [-0.39, 0.29) is 16.5 Å². The SMILES string of the molecule is NC(=O)c1ccc(S(=O)(=O)NC2CCc3cc(Cl)ccc32)cc1. The number of nitrogens with one attached hydrogen (secondary N) is 1. The molecule has 23 heavy (non-hydrogen) atoms. The Balaban J connectivity index is 1.84. The maximum atomic E-state index is 12.5. The molecule has 1 atom stereocenters. The average molecular weight is 351 g/mol. The Labute approximate surface area is 139 Å². The van der Waals surface area contributed by atoms with Crippen molar-refractivity contribution in [3.8, 4) is 0 Å². The molecule has 3 rings (SSSR count). The molecule has 1 aliphatic carbocycles. The van der Waals surface area contributed by atoms with Crippen LogP contribution in [0.2, 0.25) is 5.02 Å². The van der Waals surface area contributed by atoms with Gasteiger partial charge in [-0.2, -0.15) is 0 Å². The maximum absolute atomic E-state index is 12.5. The standard InChI is InChI=1S/C16H15ClN2O3S/c17-12-4-7-14-11(9-12)3-8-15(14)19-23(21,22)13-5-1-10(2-6-13)16(18)20/h1-2,4-7,9,15,19H,3,8H2,(H2,18,20). The van der Waals surface area contributed by atoms with Crippen LogP contribution in [0.1, 0.15) is 33.9 Å². The lowest BCUT2D eigenvalue weighted by Gasteiger charge is -2.14. The number of fused-ring (bicyclic) bond motifs is 1. The topological polar surface area (TPSA) is 89.3 Å². The molecule has 3 N–H and O–H groups in total. The summed E-state index contributed by atoms with van der Waals surface area (Å²) in [6.45, 7) is 0. The lowest BCUT2D eigenvalue weighted by molar-refractivity contribution is 0.1000. The second kappa shape index (κ2) is 5.96. The van der Waals surface area contributed by atoms with E-state index in [1.165, 1.54) is 24.3 Å². The molecule has 0 spiro atoms. The van der Waals surface area contributed by atoms with E-state index in [4.69, 9.17) is 17.3 Å². The zero-order valence-corrected chi connectivity index (χ0v) is 13.7. The molecule has 0 heterocycles. The highest BCUT2D eigenvalue weighted by molar-refractivity contribution is 7.89. The first kappa shape index (κ1) is 16.0. The Hall–Kier alpha value is -1.89. The maximum Gasteiger partial charge on any atom is 0.248 e. The number of benzene rings is 2. The van der Waals surface area contributed by atoms with Gasteiger partial charge in [0.2, 0.25) is 15.9 Å². The first-order valence-corrected chi connectivity index (χ1v) is 8.93. The second-order valence-electron chi connectivity index (χ2n) is 5.44. The number of nitrogens with two attached hydrogens (primary N) is 1. The van der Waals surface area contributed by atoms with Crippen molar-refractivity contribution in [2.45, 2.75) is 23.8 Å². The summed E-state index contributed by atoms with van der Waals surface area (Å²) in [7, 11) is -3.67. The van der Waals surface area contributed by atoms with Crippen molar-refractivity contribution in [1.82, 2.24) is 4.72 Å². The van der Waals surface area contributed by atoms with E-state index >= 15 is 0 Å². The monoisotopic (exact) mass is 350 g/mol. The summed E-state index contributed by atoms with van der Waals surface area (Å²) in [5.74, 6) is -0.594. The van der Waals surface area contributed by atoms with Gasteiger partial charge in [0.1, 0.15) is 0 Å². The fourth-order valence-corrected chi connectivity index (χ4v) is 4.21. The minimum Gasteiger partial charge on any atom is -0.366 e. The molecule has 1 unspecified atom stereocenters. The van der Waals surface area contributed by atoms with Crippen molar-refractivity contribution in [2.75, 3.05) is 0 Å². The fraction of sp³-hybridized carbons (Fsp3) is 0.188. The van der Waals surface area contributed by atoms with Crippen LogP contribution in [0.25, 0.3) is 0 Å². The highest BCUT2D eigenvalue weighted by Crippen LogP contribution is 2.33. The molecule has 0 aromatic heterocycles. The highest BCUT2D eigenvalue weighted by atomic mass is 35.5. The van der Waals surface area contributed by atoms with Crippen LogP contribution in [0.5, 0.6) is 0 Å². The summed E-state index contributed by atoms with van der Waals surface area (Å²) in [6.07, 6.45) is 1.47. The number of rotatable bonds is 4. The van der Waals surface area contributed by atoms with Crippen molar-refractivity contribution in [1.29, 1.82) is 0 Å². The predicted octanol–water partition coefficient (Wildman–Crippen LogP) is 2.40. The molecule has 0 radical (unpaired) electrons. The molecule has 1 aliphatic rings. The summed E-state index contributed by atoms with van der Waals surface area (Å²) in [6, 6.07) is 10.8. The number of primary amides is 1. The number of aryl methyl sites for hydroxylation is 1. The predicted molar refractivity (Wildman–Crippen MR) is 87.8 cm³/mol. The quantitative estimate of drug-likeness (QED) is 0.887. The van der Waals surface area contributed by atoms with Gasteiger partial charge in [-0.05, 0) is 60.4 Å². The molecular weight excluding hydrogens is 336 g/mol. The zero-order valence-electron chi connectivity index (χ0n) is 12.1. The van der Waals surface area contributed by atoms with Crippen LogP contribution in [-0.2, 0) is 16.4 Å². The molecule has 0 saturated heterocycles. The molecule has 120 valence electrons. The summed E-state index contributed by atoms with van der Waals surface area (Å²) >= 11 is 5.96. The normalized spacial score (nSPS) is 17.0. The molecule has 5 nitrogen and oxygen atoms in total. The Bertz CT molecular complexity index is 863. The van der Waals surface area contributed by atoms with Crippen LogP contribution in [0, 0.1) is 0 Å². The number of amides is 1. The van der Waals surface area contributed by atoms with Crippen LogP contribution < -0.4 is 10.5 Å². The number of halogens is 1. The van der Waals surface area contributed by atoms with Crippen LogP contribution in [0.15, 0.2) is 47.4 Å². The molecule has 7 heteroatoms. The second-order valence-corrected chi connectivity index (χ2v) is 7.59. The van der Waals surface area contributed by atoms with E-state index in [1.807, 2.05) is 12.1 Å². The van der Waals surface area contributed by atoms with Crippen LogP contribution in [0.4, 0.5) is 0 Å². The lowest BCUT2D eigenvalue weighted by Crippen LogP contribution is -2.27. The largest absolute Gasteiger partial charge is 0.366 e. The van der Waals surface area contributed by atoms with Crippen molar-refractivity contribution in [2.24, 2.45) is 5.73 Å². The van der Waals surface area contributed by atoms with Crippen molar-refractivity contribution >= 4 is 27.5 Å². The van der Waals surface area contributed by atoms with Gasteiger partial charge in [-0.3, -0.25) is 4.79 Å². The van der Waals surface area contributed by atoms with Gasteiger partial charge in [-0.1, -0.05) is 17.7 Å². The van der Waals surface area contributed by atoms with E-state index in [0.29, 0.717) is 11.4 Å². The van der Waals surface area contributed by atoms with Gasteiger partial charge in [-0.15, -0.1) is 0 Å². The number of hydrogen-bond donors (Lipinski definition) is 2. The summed E-state index contributed by atoms with van der Waals surface area (Å²) in [5.41, 5.74) is 7.44. The first-order chi connectivity index (χ1) is 10.9. The van der Waals surface area contributed by atoms with Crippen LogP contribution in [0.3, 0.4) is 0 Å². The molecule has 0 aliphatic heterocycles. The Morgan fingerprint density at radius 3 is 2.52 bits per heavy atom. The minimum atomic E-state index is -3.67. The van der Waals surface area contributed by atoms with Gasteiger partial charge < -0.3 is 5.73 Å². The van der Waals surface area contributed by atoms with Gasteiger partial charge in [0, 0.05) is 16.6 Å². The smallest absolute Gasteiger partial charge is 0.248 e. The van der Waals surface area contributed by atoms with Gasteiger partial charge in [0.25, 0.3) is 0 Å². The Morgan fingerprint density at radius 2 is 1.87 bits per heavy atom. The Kier molecular flexibility index (Phi) is 4.14. The lowest BCUT2D eigenvalue weighted by atomic mass is 10.1. The molecule has 1 amide bonds. The van der Waals surface area contributed by atoms with Gasteiger partial charge >= 0.3 is 0 Å². The first-order valence-electron chi connectivity index (χ1n) is 7.07. The number of sulfonamides is 1. The van der Waals surface area contributed by atoms with E-state index < -0.39 is 15.9 Å². The molecular formula is C16H15ClN2O3S. The van der Waals surface area contributed by atoms with Crippen molar-refractivity contribution < 1.29 is 13.2 Å². The fourth-order valence-electron chi connectivity index (χ4n) is 2.76. The third kappa shape index (κ3) is 3.24. The van der Waals surface area contributed by atoms with E-state index in [0.717, 1.165) is 17.5 Å². The average Bonchev–Trinajstić information content (AvgIpc) is 2.89. The zero-order chi connectivity index (χ0) is 16.6. The summed E-state index contributed by atoms with van der Waals surface area (Å²) < 4.78 is 27.7. The van der Waals surface area contributed by atoms with E-state index in [9.17, 15) is 13.2 Å². The summed E-state index contributed by atoms with van der Waals surface area (Å²) in [5, 5.41) is 0.647. The van der Waals surface area contributed by atoms with Crippen LogP contribution in [-0.4, -0.2) is 14.3 Å². The van der Waals surface area contributed by atoms with Gasteiger partial charge in [-0.25, -0.2) is 13.1 Å². The third-order valence-electron chi connectivity index (χ3n) is 3.93. The number of carbonyl (C=O) groups excluding carboxylic acids is 1. The van der Waals surface area contributed by atoms with E-state index in [2.05, 4.69) is 4.72 Å². The van der Waals surface area contributed by atoms with Gasteiger partial charge in [0.05, 0.1) is 4.90 Å². The van der Waals surface area contributed by atoms with E-state index in [1.54, 1.807) is 6.07 Å². The van der Waals surface area contributed by atoms with Crippen LogP contribution >= 0.6 is 11.6 Å². The summed E-state index contributed by atoms with van der Waals surface area (Å²) in [4.78, 5) is 11.2. The molecule has 0 saturated carbocycles. The number of carbonyl (C=O) groups is 1. The number of hydrogen-bond acceptors (Lipinski definition) is 3. The minimum absolute atomic E-state index is 0.102. The molecule has 2 aromatic rings. The third-order valence-corrected chi connectivity index (χ3v) is 5.65. The Morgan fingerprint density at radius 1 is 1.17 bits per heavy atom. The molecule has 2 aromatic carbocycles. The van der Waals surface area contributed by atoms with Crippen molar-refractivity contribution in [3.63, 3.8) is 0 Å².